The van der Waals surface area contributed by atoms with Gasteiger partial charge in [0.25, 0.3) is 0 Å². The zero-order chi connectivity index (χ0) is 20.8. The van der Waals surface area contributed by atoms with Crippen molar-refractivity contribution in [2.45, 2.75) is 12.1 Å². The summed E-state index contributed by atoms with van der Waals surface area (Å²) in [4.78, 5) is 32.6. The fraction of sp³-hybridized carbons (Fsp3) is 0.391. The highest BCUT2D eigenvalue weighted by Crippen LogP contribution is 2.22. The van der Waals surface area contributed by atoms with Gasteiger partial charge in [0.05, 0.1) is 0 Å². The molecule has 2 aromatic carbocycles. The Labute approximate surface area is 173 Å². The fourth-order valence-corrected chi connectivity index (χ4v) is 3.68. The van der Waals surface area contributed by atoms with Gasteiger partial charge in [-0.15, -0.1) is 0 Å². The number of carbonyl (C=O) groups is 2. The van der Waals surface area contributed by atoms with Crippen LogP contribution in [0.25, 0.3) is 0 Å². The van der Waals surface area contributed by atoms with Gasteiger partial charge in [0.15, 0.2) is 0 Å². The molecule has 1 heterocycles. The van der Waals surface area contributed by atoms with Crippen molar-refractivity contribution in [2.75, 3.05) is 47.3 Å². The van der Waals surface area contributed by atoms with Gasteiger partial charge < -0.3 is 15.1 Å². The second-order valence-corrected chi connectivity index (χ2v) is 7.76. The van der Waals surface area contributed by atoms with Gasteiger partial charge in [0.2, 0.25) is 11.8 Å². The van der Waals surface area contributed by atoms with Crippen LogP contribution in [-0.2, 0) is 9.59 Å². The van der Waals surface area contributed by atoms with E-state index in [1.54, 1.807) is 0 Å². The van der Waals surface area contributed by atoms with Gasteiger partial charge in [-0.3, -0.25) is 14.5 Å². The number of rotatable bonds is 6. The minimum Gasteiger partial charge on any atom is -0.339 e. The molecular formula is C23H30N4O2. The molecule has 1 N–H and O–H groups in total. The summed E-state index contributed by atoms with van der Waals surface area (Å²) in [5.41, 5.74) is 1.70. The minimum atomic E-state index is -0.696. The maximum atomic E-state index is 13.3. The molecule has 3 rings (SSSR count). The third kappa shape index (κ3) is 5.22. The van der Waals surface area contributed by atoms with Crippen molar-refractivity contribution in [3.63, 3.8) is 0 Å². The summed E-state index contributed by atoms with van der Waals surface area (Å²) in [6, 6.07) is 18.0. The first-order chi connectivity index (χ1) is 14.0. The largest absolute Gasteiger partial charge is 0.339 e. The Morgan fingerprint density at radius 2 is 1.38 bits per heavy atom. The number of carbonyl (C=O) groups excluding carboxylic acids is 2. The molecule has 2 aromatic rings. The standard InChI is InChI=1S/C23H30N4O2/c1-25(2)21(19-12-8-5-9-13-19)22(28)24-20(18-10-6-4-7-11-18)23(29)27-16-14-26(3)15-17-27/h4-13,20-21H,14-17H2,1-3H3,(H,24,28). The number of amides is 2. The molecule has 6 nitrogen and oxygen atoms in total. The Morgan fingerprint density at radius 3 is 1.90 bits per heavy atom. The van der Waals surface area contributed by atoms with E-state index in [9.17, 15) is 9.59 Å². The van der Waals surface area contributed by atoms with E-state index in [0.717, 1.165) is 24.2 Å². The van der Waals surface area contributed by atoms with Gasteiger partial charge in [-0.1, -0.05) is 60.7 Å². The van der Waals surface area contributed by atoms with Crippen LogP contribution in [0.4, 0.5) is 0 Å². The van der Waals surface area contributed by atoms with E-state index >= 15 is 0 Å². The Bertz CT molecular complexity index is 802. The first kappa shape index (κ1) is 21.0. The van der Waals surface area contributed by atoms with E-state index in [4.69, 9.17) is 0 Å². The molecule has 2 atom stereocenters. The SMILES string of the molecule is CN1CCN(C(=O)C(NC(=O)C(c2ccccc2)N(C)C)c2ccccc2)CC1. The molecule has 6 heteroatoms. The molecule has 2 unspecified atom stereocenters. The molecule has 29 heavy (non-hydrogen) atoms. The molecule has 0 aromatic heterocycles. The highest BCUT2D eigenvalue weighted by Gasteiger charge is 2.32. The zero-order valence-electron chi connectivity index (χ0n) is 17.4. The molecule has 2 amide bonds. The monoisotopic (exact) mass is 394 g/mol. The van der Waals surface area contributed by atoms with Crippen LogP contribution in [0.2, 0.25) is 0 Å². The normalized spacial score (nSPS) is 17.0. The quantitative estimate of drug-likeness (QED) is 0.813. The summed E-state index contributed by atoms with van der Waals surface area (Å²) < 4.78 is 0. The van der Waals surface area contributed by atoms with Crippen molar-refractivity contribution in [2.24, 2.45) is 0 Å². The van der Waals surface area contributed by atoms with Crippen molar-refractivity contribution < 1.29 is 9.59 Å². The van der Waals surface area contributed by atoms with Crippen LogP contribution in [0.3, 0.4) is 0 Å². The molecule has 1 aliphatic heterocycles. The summed E-state index contributed by atoms with van der Waals surface area (Å²) in [6.07, 6.45) is 0. The maximum absolute atomic E-state index is 13.3. The van der Waals surface area contributed by atoms with Gasteiger partial charge in [0, 0.05) is 26.2 Å². The van der Waals surface area contributed by atoms with Crippen molar-refractivity contribution in [1.29, 1.82) is 0 Å². The molecule has 0 spiro atoms. The van der Waals surface area contributed by atoms with Crippen LogP contribution in [0, 0.1) is 0 Å². The van der Waals surface area contributed by atoms with Crippen LogP contribution in [0.5, 0.6) is 0 Å². The summed E-state index contributed by atoms with van der Waals surface area (Å²) in [5.74, 6) is -0.235. The number of nitrogens with one attached hydrogen (secondary N) is 1. The van der Waals surface area contributed by atoms with Crippen LogP contribution in [0.15, 0.2) is 60.7 Å². The summed E-state index contributed by atoms with van der Waals surface area (Å²) >= 11 is 0. The molecule has 154 valence electrons. The number of nitrogens with zero attached hydrogens (tertiary/aromatic N) is 3. The highest BCUT2D eigenvalue weighted by atomic mass is 16.2. The predicted molar refractivity (Wildman–Crippen MR) is 114 cm³/mol. The Hall–Kier alpha value is -2.70. The minimum absolute atomic E-state index is 0.0526. The number of piperazine rings is 1. The highest BCUT2D eigenvalue weighted by molar-refractivity contribution is 5.91. The second-order valence-electron chi connectivity index (χ2n) is 7.76. The van der Waals surface area contributed by atoms with Crippen molar-refractivity contribution >= 4 is 11.8 Å². The maximum Gasteiger partial charge on any atom is 0.249 e. The topological polar surface area (TPSA) is 55.9 Å². The predicted octanol–water partition coefficient (Wildman–Crippen LogP) is 1.92. The third-order valence-corrected chi connectivity index (χ3v) is 5.36. The lowest BCUT2D eigenvalue weighted by Gasteiger charge is -2.35. The van der Waals surface area contributed by atoms with Crippen LogP contribution in [-0.4, -0.2) is 73.8 Å². The summed E-state index contributed by atoms with van der Waals surface area (Å²) in [5, 5.41) is 3.04. The van der Waals surface area contributed by atoms with Gasteiger partial charge in [-0.05, 0) is 32.3 Å². The first-order valence-corrected chi connectivity index (χ1v) is 10.0. The van der Waals surface area contributed by atoms with Gasteiger partial charge in [-0.25, -0.2) is 0 Å². The van der Waals surface area contributed by atoms with Crippen molar-refractivity contribution in [3.8, 4) is 0 Å². The van der Waals surface area contributed by atoms with Crippen molar-refractivity contribution in [1.82, 2.24) is 20.0 Å². The third-order valence-electron chi connectivity index (χ3n) is 5.36. The van der Waals surface area contributed by atoms with Gasteiger partial charge in [0.1, 0.15) is 12.1 Å². The Balaban J connectivity index is 1.84. The lowest BCUT2D eigenvalue weighted by Crippen LogP contribution is -2.52. The molecule has 0 saturated carbocycles. The second kappa shape index (κ2) is 9.67. The molecule has 1 fully saturated rings. The molecule has 1 saturated heterocycles. The first-order valence-electron chi connectivity index (χ1n) is 10.0. The van der Waals surface area contributed by atoms with Crippen LogP contribution < -0.4 is 5.32 Å². The van der Waals surface area contributed by atoms with E-state index in [0.29, 0.717) is 13.1 Å². The molecule has 0 bridgehead atoms. The molecule has 0 radical (unpaired) electrons. The average molecular weight is 395 g/mol. The summed E-state index contributed by atoms with van der Waals surface area (Å²) in [6.45, 7) is 3.02. The lowest BCUT2D eigenvalue weighted by atomic mass is 10.0. The van der Waals surface area contributed by atoms with E-state index in [1.807, 2.05) is 84.6 Å². The average Bonchev–Trinajstić information content (AvgIpc) is 2.73. The Kier molecular flexibility index (Phi) is 7.01. The number of benzene rings is 2. The molecule has 0 aliphatic carbocycles. The lowest BCUT2D eigenvalue weighted by molar-refractivity contribution is -0.139. The molecular weight excluding hydrogens is 364 g/mol. The Morgan fingerprint density at radius 1 is 0.862 bits per heavy atom. The summed E-state index contributed by atoms with van der Waals surface area (Å²) in [7, 11) is 5.80. The van der Waals surface area contributed by atoms with E-state index in [-0.39, 0.29) is 11.8 Å². The number of hydrogen-bond acceptors (Lipinski definition) is 4. The van der Waals surface area contributed by atoms with E-state index in [2.05, 4.69) is 17.3 Å². The van der Waals surface area contributed by atoms with E-state index < -0.39 is 12.1 Å². The number of likely N-dealkylation sites (N-methyl/N-ethyl adjacent to an activating group) is 2. The molecule has 1 aliphatic rings. The van der Waals surface area contributed by atoms with Crippen LogP contribution >= 0.6 is 0 Å². The zero-order valence-corrected chi connectivity index (χ0v) is 17.4. The number of hydrogen-bond donors (Lipinski definition) is 1. The van der Waals surface area contributed by atoms with E-state index in [1.165, 1.54) is 0 Å². The van der Waals surface area contributed by atoms with Gasteiger partial charge in [-0.2, -0.15) is 0 Å². The van der Waals surface area contributed by atoms with Crippen LogP contribution in [0.1, 0.15) is 23.2 Å². The van der Waals surface area contributed by atoms with Gasteiger partial charge >= 0.3 is 0 Å². The fourth-order valence-electron chi connectivity index (χ4n) is 3.68. The van der Waals surface area contributed by atoms with Crippen molar-refractivity contribution in [3.05, 3.63) is 71.8 Å². The smallest absolute Gasteiger partial charge is 0.249 e.